The molecule has 0 amide bonds. The van der Waals surface area contributed by atoms with Gasteiger partial charge in [-0.05, 0) is 0 Å². The van der Waals surface area contributed by atoms with E-state index in [-0.39, 0.29) is 14.1 Å². The first-order valence-corrected chi connectivity index (χ1v) is 4.91. The van der Waals surface area contributed by atoms with Crippen molar-refractivity contribution in [3.05, 3.63) is 0 Å². The second kappa shape index (κ2) is 22.6. The summed E-state index contributed by atoms with van der Waals surface area (Å²) in [7, 11) is 0. The van der Waals surface area contributed by atoms with Crippen LogP contribution in [0.2, 0.25) is 0 Å². The molecule has 0 N–H and O–H groups in total. The standard InChI is InChI=1S/C10H22.3FH/c1-3-5-7-9-10-8-6-4-2;;;/h3-10H2,1-2H3;3*1H. The smallest absolute Gasteiger partial charge is 0.0533 e. The Kier molecular flexibility index (Phi) is 40.0. The zero-order valence-electron chi connectivity index (χ0n) is 8.88. The van der Waals surface area contributed by atoms with Crippen LogP contribution in [0.5, 0.6) is 0 Å². The van der Waals surface area contributed by atoms with Crippen LogP contribution in [0, 0.1) is 0 Å². The Hall–Kier alpha value is -0.210. The largest absolute Gasteiger partial charge is 0.269 e. The Morgan fingerprint density at radius 1 is 0.462 bits per heavy atom. The quantitative estimate of drug-likeness (QED) is 0.529. The number of rotatable bonds is 7. The fraction of sp³-hybridized carbons (Fsp3) is 1.00. The van der Waals surface area contributed by atoms with Crippen LogP contribution in [0.25, 0.3) is 0 Å². The highest BCUT2D eigenvalue weighted by molar-refractivity contribution is 4.43. The summed E-state index contributed by atoms with van der Waals surface area (Å²) in [6, 6.07) is 0. The third kappa shape index (κ3) is 24.5. The molecule has 0 fully saturated rings. The minimum Gasteiger partial charge on any atom is -0.269 e. The molecule has 86 valence electrons. The first kappa shape index (κ1) is 23.0. The molecule has 0 radical (unpaired) electrons. The maximum Gasteiger partial charge on any atom is -0.0533 e. The van der Waals surface area contributed by atoms with Gasteiger partial charge in [0.2, 0.25) is 0 Å². The molecular formula is C10H25F3. The van der Waals surface area contributed by atoms with Gasteiger partial charge in [-0.1, -0.05) is 65.2 Å². The second-order valence-electron chi connectivity index (χ2n) is 3.12. The van der Waals surface area contributed by atoms with Crippen LogP contribution in [0.15, 0.2) is 0 Å². The van der Waals surface area contributed by atoms with Crippen molar-refractivity contribution in [3.8, 4) is 0 Å². The van der Waals surface area contributed by atoms with Gasteiger partial charge in [0.15, 0.2) is 0 Å². The molecule has 0 nitrogen and oxygen atoms in total. The molecule has 13 heavy (non-hydrogen) atoms. The highest BCUT2D eigenvalue weighted by Crippen LogP contribution is 2.07. The zero-order chi connectivity index (χ0) is 7.66. The van der Waals surface area contributed by atoms with Crippen molar-refractivity contribution in [3.63, 3.8) is 0 Å². The fourth-order valence-electron chi connectivity index (χ4n) is 1.21. The Balaban J connectivity index is -0.000000135. The molecule has 0 aromatic heterocycles. The van der Waals surface area contributed by atoms with Gasteiger partial charge < -0.3 is 0 Å². The summed E-state index contributed by atoms with van der Waals surface area (Å²) >= 11 is 0. The van der Waals surface area contributed by atoms with Gasteiger partial charge in [0.1, 0.15) is 0 Å². The molecule has 0 atom stereocenters. The molecule has 3 heteroatoms. The van der Waals surface area contributed by atoms with Crippen LogP contribution in [0.3, 0.4) is 0 Å². The minimum atomic E-state index is 0. The van der Waals surface area contributed by atoms with Gasteiger partial charge in [0.05, 0.1) is 0 Å². The molecular weight excluding hydrogens is 177 g/mol. The number of hydrogen-bond donors (Lipinski definition) is 0. The molecule has 0 saturated carbocycles. The van der Waals surface area contributed by atoms with Crippen molar-refractivity contribution in [2.75, 3.05) is 0 Å². The molecule has 0 aliphatic carbocycles. The summed E-state index contributed by atoms with van der Waals surface area (Å²) < 4.78 is 0. The van der Waals surface area contributed by atoms with E-state index < -0.39 is 0 Å². The first-order chi connectivity index (χ1) is 4.91. The lowest BCUT2D eigenvalue weighted by atomic mass is 10.1. The van der Waals surface area contributed by atoms with Gasteiger partial charge in [0, 0.05) is 0 Å². The van der Waals surface area contributed by atoms with Crippen molar-refractivity contribution >= 4 is 0 Å². The molecule has 0 aromatic rings. The Bertz CT molecular complexity index is 50.1. The van der Waals surface area contributed by atoms with Gasteiger partial charge >= 0.3 is 0 Å². The predicted octanol–water partition coefficient (Wildman–Crippen LogP) is 4.60. The number of halogens is 3. The van der Waals surface area contributed by atoms with E-state index >= 15 is 0 Å². The van der Waals surface area contributed by atoms with Gasteiger partial charge in [-0.25, -0.2) is 0 Å². The summed E-state index contributed by atoms with van der Waals surface area (Å²) in [5.74, 6) is 0. The molecule has 0 saturated heterocycles. The monoisotopic (exact) mass is 202 g/mol. The van der Waals surface area contributed by atoms with Crippen molar-refractivity contribution in [2.24, 2.45) is 0 Å². The zero-order valence-corrected chi connectivity index (χ0v) is 8.88. The average molecular weight is 202 g/mol. The number of unbranched alkanes of at least 4 members (excludes halogenated alkanes) is 7. The summed E-state index contributed by atoms with van der Waals surface area (Å²) in [6.45, 7) is 4.54. The third-order valence-electron chi connectivity index (χ3n) is 1.96. The third-order valence-corrected chi connectivity index (χ3v) is 1.96. The summed E-state index contributed by atoms with van der Waals surface area (Å²) in [4.78, 5) is 0. The van der Waals surface area contributed by atoms with Crippen LogP contribution in [0.1, 0.15) is 65.2 Å². The van der Waals surface area contributed by atoms with Crippen LogP contribution >= 0.6 is 0 Å². The van der Waals surface area contributed by atoms with Crippen LogP contribution in [-0.4, -0.2) is 0 Å². The minimum absolute atomic E-state index is 0. The normalized spacial score (nSPS) is 7.85. The lowest BCUT2D eigenvalue weighted by Crippen LogP contribution is -1.77. The predicted molar refractivity (Wildman–Crippen MR) is 55.8 cm³/mol. The lowest BCUT2D eigenvalue weighted by Gasteiger charge is -1.97. The van der Waals surface area contributed by atoms with E-state index in [1.807, 2.05) is 0 Å². The van der Waals surface area contributed by atoms with Gasteiger partial charge in [-0.3, -0.25) is 14.1 Å². The van der Waals surface area contributed by atoms with Crippen LogP contribution in [0.4, 0.5) is 14.1 Å². The first-order valence-electron chi connectivity index (χ1n) is 4.91. The molecule has 0 rings (SSSR count). The average Bonchev–Trinajstić information content (AvgIpc) is 1.97. The lowest BCUT2D eigenvalue weighted by molar-refractivity contribution is 0.585. The topological polar surface area (TPSA) is 0 Å². The maximum absolute atomic E-state index is 2.27. The highest BCUT2D eigenvalue weighted by atomic mass is 19.0. The summed E-state index contributed by atoms with van der Waals surface area (Å²) in [5, 5.41) is 0. The van der Waals surface area contributed by atoms with Crippen molar-refractivity contribution in [1.29, 1.82) is 0 Å². The van der Waals surface area contributed by atoms with Crippen LogP contribution < -0.4 is 0 Å². The fourth-order valence-corrected chi connectivity index (χ4v) is 1.21. The molecule has 0 bridgehead atoms. The van der Waals surface area contributed by atoms with E-state index in [0.29, 0.717) is 0 Å². The van der Waals surface area contributed by atoms with Crippen molar-refractivity contribution < 1.29 is 14.1 Å². The van der Waals surface area contributed by atoms with Crippen molar-refractivity contribution in [2.45, 2.75) is 65.2 Å². The van der Waals surface area contributed by atoms with E-state index in [1.165, 1.54) is 51.4 Å². The van der Waals surface area contributed by atoms with Crippen LogP contribution in [-0.2, 0) is 0 Å². The molecule has 0 aliphatic rings. The van der Waals surface area contributed by atoms with E-state index in [9.17, 15) is 0 Å². The second-order valence-corrected chi connectivity index (χ2v) is 3.12. The Morgan fingerprint density at radius 2 is 0.692 bits per heavy atom. The van der Waals surface area contributed by atoms with E-state index in [2.05, 4.69) is 13.8 Å². The molecule has 0 spiro atoms. The van der Waals surface area contributed by atoms with E-state index in [1.54, 1.807) is 0 Å². The van der Waals surface area contributed by atoms with E-state index in [0.717, 1.165) is 0 Å². The highest BCUT2D eigenvalue weighted by Gasteiger charge is 1.87. The SMILES string of the molecule is CCCCCCCCCC.F.F.F. The van der Waals surface area contributed by atoms with Gasteiger partial charge in [-0.2, -0.15) is 0 Å². The van der Waals surface area contributed by atoms with Gasteiger partial charge in [-0.15, -0.1) is 0 Å². The molecule has 0 heterocycles. The summed E-state index contributed by atoms with van der Waals surface area (Å²) in [5.41, 5.74) is 0. The maximum atomic E-state index is 2.27. The Labute approximate surface area is 80.2 Å². The van der Waals surface area contributed by atoms with E-state index in [4.69, 9.17) is 0 Å². The van der Waals surface area contributed by atoms with Crippen molar-refractivity contribution in [1.82, 2.24) is 0 Å². The summed E-state index contributed by atoms with van der Waals surface area (Å²) in [6.07, 6.45) is 11.5. The molecule has 0 aromatic carbocycles. The van der Waals surface area contributed by atoms with Gasteiger partial charge in [0.25, 0.3) is 0 Å². The number of hydrogen-bond acceptors (Lipinski definition) is 0. The molecule has 0 aliphatic heterocycles. The molecule has 0 unspecified atom stereocenters. The Morgan fingerprint density at radius 3 is 0.923 bits per heavy atom.